The van der Waals surface area contributed by atoms with Gasteiger partial charge in [-0.2, -0.15) is 0 Å². The second-order valence-corrected chi connectivity index (χ2v) is 3.21. The Kier molecular flexibility index (Phi) is 1.58. The Morgan fingerprint density at radius 3 is 3.25 bits per heavy atom. The van der Waals surface area contributed by atoms with E-state index in [2.05, 4.69) is 9.72 Å². The van der Waals surface area contributed by atoms with Crippen molar-refractivity contribution in [3.63, 3.8) is 0 Å². The quantitative estimate of drug-likeness (QED) is 0.622. The molecule has 0 saturated carbocycles. The third kappa shape index (κ3) is 0.984. The van der Waals surface area contributed by atoms with Crippen LogP contribution in [0.1, 0.15) is 9.67 Å². The van der Waals surface area contributed by atoms with Crippen LogP contribution in [0, 0.1) is 0 Å². The van der Waals surface area contributed by atoms with Gasteiger partial charge in [-0.1, -0.05) is 11.3 Å². The molecule has 0 radical (unpaired) electrons. The van der Waals surface area contributed by atoms with E-state index in [1.54, 1.807) is 23.0 Å². The molecule has 0 aliphatic rings. The molecule has 2 aromatic heterocycles. The van der Waals surface area contributed by atoms with Gasteiger partial charge >= 0.3 is 5.97 Å². The summed E-state index contributed by atoms with van der Waals surface area (Å²) in [6.45, 7) is 0. The number of fused-ring (bicyclic) bond motifs is 1. The van der Waals surface area contributed by atoms with E-state index in [9.17, 15) is 4.79 Å². The first-order chi connectivity index (χ1) is 5.81. The number of thiazole rings is 1. The maximum Gasteiger partial charge on any atom is 0.349 e. The van der Waals surface area contributed by atoms with Crippen LogP contribution >= 0.6 is 11.3 Å². The maximum atomic E-state index is 11.0. The van der Waals surface area contributed by atoms with E-state index in [4.69, 9.17) is 0 Å². The Morgan fingerprint density at radius 2 is 2.58 bits per heavy atom. The molecule has 12 heavy (non-hydrogen) atoms. The molecular formula is C7H6N2O2S. The number of carbonyl (C=O) groups excluding carboxylic acids is 1. The predicted octanol–water partition coefficient (Wildman–Crippen LogP) is 1.18. The molecule has 2 heterocycles. The fraction of sp³-hybridized carbons (Fsp3) is 0.143. The van der Waals surface area contributed by atoms with Gasteiger partial charge in [0.05, 0.1) is 7.11 Å². The van der Waals surface area contributed by atoms with Crippen LogP contribution in [0.3, 0.4) is 0 Å². The minimum Gasteiger partial charge on any atom is -0.465 e. The van der Waals surface area contributed by atoms with E-state index < -0.39 is 0 Å². The van der Waals surface area contributed by atoms with E-state index in [1.165, 1.54) is 18.4 Å². The number of hydrogen-bond donors (Lipinski definition) is 0. The Bertz CT molecular complexity index is 389. The molecule has 0 aliphatic heterocycles. The summed E-state index contributed by atoms with van der Waals surface area (Å²) in [5.74, 6) is -0.314. The van der Waals surface area contributed by atoms with E-state index in [0.717, 1.165) is 4.96 Å². The highest BCUT2D eigenvalue weighted by Crippen LogP contribution is 2.16. The minimum absolute atomic E-state index is 0.314. The molecule has 0 aromatic carbocycles. The summed E-state index contributed by atoms with van der Waals surface area (Å²) in [5.41, 5.74) is 0. The summed E-state index contributed by atoms with van der Waals surface area (Å²) in [6.07, 6.45) is 5.18. The largest absolute Gasteiger partial charge is 0.465 e. The lowest BCUT2D eigenvalue weighted by molar-refractivity contribution is 0.0606. The van der Waals surface area contributed by atoms with Gasteiger partial charge in [0.15, 0.2) is 4.96 Å². The van der Waals surface area contributed by atoms with Crippen LogP contribution in [0.25, 0.3) is 4.96 Å². The standard InChI is InChI=1S/C7H6N2O2S/c1-11-6(10)5-4-9-3-2-8-7(9)12-5/h2-4H,1H3. The van der Waals surface area contributed by atoms with Gasteiger partial charge in [0.25, 0.3) is 0 Å². The number of rotatable bonds is 1. The molecule has 0 saturated heterocycles. The third-order valence-electron chi connectivity index (χ3n) is 1.48. The van der Waals surface area contributed by atoms with Gasteiger partial charge in [0.2, 0.25) is 0 Å². The number of esters is 1. The lowest BCUT2D eigenvalue weighted by Crippen LogP contribution is -1.97. The summed E-state index contributed by atoms with van der Waals surface area (Å²) in [4.78, 5) is 16.4. The van der Waals surface area contributed by atoms with Crippen molar-refractivity contribution in [3.05, 3.63) is 23.5 Å². The molecule has 0 amide bonds. The SMILES string of the molecule is COC(=O)c1cn2ccnc2s1. The summed E-state index contributed by atoms with van der Waals surface area (Å²) in [5, 5.41) is 0. The Morgan fingerprint density at radius 1 is 1.75 bits per heavy atom. The molecule has 0 spiro atoms. The number of nitrogens with zero attached hydrogens (tertiary/aromatic N) is 2. The maximum absolute atomic E-state index is 11.0. The highest BCUT2D eigenvalue weighted by molar-refractivity contribution is 7.18. The Hall–Kier alpha value is -1.36. The molecule has 0 unspecified atom stereocenters. The van der Waals surface area contributed by atoms with Crippen LogP contribution in [0.2, 0.25) is 0 Å². The molecule has 0 fully saturated rings. The van der Waals surface area contributed by atoms with Crippen molar-refractivity contribution >= 4 is 22.3 Å². The topological polar surface area (TPSA) is 43.6 Å². The molecule has 0 bridgehead atoms. The predicted molar refractivity (Wildman–Crippen MR) is 44.4 cm³/mol. The number of methoxy groups -OCH3 is 1. The van der Waals surface area contributed by atoms with Gasteiger partial charge < -0.3 is 4.74 Å². The fourth-order valence-electron chi connectivity index (χ4n) is 0.923. The zero-order valence-electron chi connectivity index (χ0n) is 6.35. The first kappa shape index (κ1) is 7.30. The average molecular weight is 182 g/mol. The summed E-state index contributed by atoms with van der Waals surface area (Å²) >= 11 is 1.31. The summed E-state index contributed by atoms with van der Waals surface area (Å²) in [6, 6.07) is 0. The minimum atomic E-state index is -0.314. The van der Waals surface area contributed by atoms with Crippen LogP contribution in [0.5, 0.6) is 0 Å². The van der Waals surface area contributed by atoms with E-state index >= 15 is 0 Å². The number of ether oxygens (including phenoxy) is 1. The number of aromatic nitrogens is 2. The first-order valence-electron chi connectivity index (χ1n) is 3.32. The Balaban J connectivity index is 2.51. The molecule has 4 nitrogen and oxygen atoms in total. The highest BCUT2D eigenvalue weighted by Gasteiger charge is 2.09. The van der Waals surface area contributed by atoms with Gasteiger partial charge in [-0.05, 0) is 0 Å². The van der Waals surface area contributed by atoms with Gasteiger partial charge in [-0.25, -0.2) is 9.78 Å². The van der Waals surface area contributed by atoms with Crippen LogP contribution in [-0.4, -0.2) is 22.5 Å². The van der Waals surface area contributed by atoms with Crippen molar-refractivity contribution in [2.45, 2.75) is 0 Å². The van der Waals surface area contributed by atoms with E-state index in [0.29, 0.717) is 4.88 Å². The Labute approximate surface area is 72.4 Å². The third-order valence-corrected chi connectivity index (χ3v) is 2.47. The van der Waals surface area contributed by atoms with Crippen LogP contribution in [0.15, 0.2) is 18.6 Å². The lowest BCUT2D eigenvalue weighted by atomic mass is 10.6. The van der Waals surface area contributed by atoms with Crippen molar-refractivity contribution < 1.29 is 9.53 Å². The monoisotopic (exact) mass is 182 g/mol. The van der Waals surface area contributed by atoms with Gasteiger partial charge in [0, 0.05) is 18.6 Å². The normalized spacial score (nSPS) is 10.4. The van der Waals surface area contributed by atoms with Gasteiger partial charge in [0.1, 0.15) is 4.88 Å². The first-order valence-corrected chi connectivity index (χ1v) is 4.14. The second-order valence-electron chi connectivity index (χ2n) is 2.20. The molecule has 0 aliphatic carbocycles. The van der Waals surface area contributed by atoms with Crippen molar-refractivity contribution in [1.82, 2.24) is 9.38 Å². The number of carbonyl (C=O) groups is 1. The fourth-order valence-corrected chi connectivity index (χ4v) is 1.78. The highest BCUT2D eigenvalue weighted by atomic mass is 32.1. The van der Waals surface area contributed by atoms with Crippen LogP contribution < -0.4 is 0 Å². The number of imidazole rings is 1. The van der Waals surface area contributed by atoms with Gasteiger partial charge in [-0.3, -0.25) is 4.40 Å². The molecule has 0 N–H and O–H groups in total. The zero-order chi connectivity index (χ0) is 8.55. The lowest BCUT2D eigenvalue weighted by Gasteiger charge is -1.90. The van der Waals surface area contributed by atoms with Crippen molar-refractivity contribution in [1.29, 1.82) is 0 Å². The van der Waals surface area contributed by atoms with Crippen molar-refractivity contribution in [3.8, 4) is 0 Å². The molecule has 5 heteroatoms. The van der Waals surface area contributed by atoms with Gasteiger partial charge in [-0.15, -0.1) is 0 Å². The molecule has 2 rings (SSSR count). The summed E-state index contributed by atoms with van der Waals surface area (Å²) in [7, 11) is 1.37. The number of hydrogen-bond acceptors (Lipinski definition) is 4. The van der Waals surface area contributed by atoms with Crippen LogP contribution in [-0.2, 0) is 4.74 Å². The smallest absolute Gasteiger partial charge is 0.349 e. The van der Waals surface area contributed by atoms with Crippen molar-refractivity contribution in [2.75, 3.05) is 7.11 Å². The van der Waals surface area contributed by atoms with E-state index in [1.807, 2.05) is 0 Å². The average Bonchev–Trinajstić information content (AvgIpc) is 2.60. The molecule has 0 atom stereocenters. The molecule has 62 valence electrons. The van der Waals surface area contributed by atoms with Crippen LogP contribution in [0.4, 0.5) is 0 Å². The molecular weight excluding hydrogens is 176 g/mol. The molecule has 2 aromatic rings. The summed E-state index contributed by atoms with van der Waals surface area (Å²) < 4.78 is 6.35. The van der Waals surface area contributed by atoms with E-state index in [-0.39, 0.29) is 5.97 Å². The zero-order valence-corrected chi connectivity index (χ0v) is 7.17. The van der Waals surface area contributed by atoms with Crippen molar-refractivity contribution in [2.24, 2.45) is 0 Å². The second kappa shape index (κ2) is 2.60.